The molecule has 3 rings (SSSR count). The van der Waals surface area contributed by atoms with Crippen molar-refractivity contribution in [3.8, 4) is 6.07 Å². The number of hydrogen-bond donors (Lipinski definition) is 2. The molecule has 0 bridgehead atoms. The molecule has 0 saturated carbocycles. The summed E-state index contributed by atoms with van der Waals surface area (Å²) in [5, 5.41) is 16.5. The minimum atomic E-state index is -0.520. The van der Waals surface area contributed by atoms with E-state index in [1.807, 2.05) is 48.5 Å². The molecule has 2 N–H and O–H groups in total. The van der Waals surface area contributed by atoms with E-state index in [2.05, 4.69) is 10.6 Å². The van der Waals surface area contributed by atoms with Gasteiger partial charge in [0.1, 0.15) is 11.9 Å². The topological polar surface area (TPSA) is 64.9 Å². The second kappa shape index (κ2) is 6.80. The van der Waals surface area contributed by atoms with Crippen molar-refractivity contribution < 1.29 is 9.18 Å². The van der Waals surface area contributed by atoms with Crippen molar-refractivity contribution in [2.24, 2.45) is 0 Å². The van der Waals surface area contributed by atoms with Gasteiger partial charge in [-0.1, -0.05) is 36.4 Å². The van der Waals surface area contributed by atoms with Gasteiger partial charge in [0.25, 0.3) is 0 Å². The Balaban J connectivity index is 1.66. The Labute approximate surface area is 138 Å². The lowest BCUT2D eigenvalue weighted by atomic mass is 10.1. The van der Waals surface area contributed by atoms with Crippen molar-refractivity contribution in [1.82, 2.24) is 5.32 Å². The maximum atomic E-state index is 13.1. The first-order valence-electron chi connectivity index (χ1n) is 7.38. The van der Waals surface area contributed by atoms with Gasteiger partial charge in [0.15, 0.2) is 0 Å². The normalized spacial score (nSPS) is 10.2. The minimum Gasteiger partial charge on any atom is -0.334 e. The van der Waals surface area contributed by atoms with Crippen molar-refractivity contribution >= 4 is 22.5 Å². The van der Waals surface area contributed by atoms with Crippen LogP contribution in [0.15, 0.2) is 60.7 Å². The summed E-state index contributed by atoms with van der Waals surface area (Å²) in [6.45, 7) is 0.347. The van der Waals surface area contributed by atoms with Gasteiger partial charge in [-0.3, -0.25) is 0 Å². The molecule has 0 aliphatic carbocycles. The molecule has 118 valence electrons. The van der Waals surface area contributed by atoms with Crippen LogP contribution in [-0.2, 0) is 6.54 Å². The Kier molecular flexibility index (Phi) is 4.39. The van der Waals surface area contributed by atoms with Gasteiger partial charge in [-0.15, -0.1) is 0 Å². The van der Waals surface area contributed by atoms with Gasteiger partial charge in [0, 0.05) is 6.54 Å². The van der Waals surface area contributed by atoms with Crippen molar-refractivity contribution in [2.75, 3.05) is 5.32 Å². The zero-order valence-electron chi connectivity index (χ0n) is 12.7. The molecule has 0 atom stereocenters. The van der Waals surface area contributed by atoms with E-state index in [1.165, 1.54) is 12.1 Å². The van der Waals surface area contributed by atoms with E-state index >= 15 is 0 Å². The number of fused-ring (bicyclic) bond motifs is 1. The molecule has 0 saturated heterocycles. The number of carbonyl (C=O) groups excluding carboxylic acids is 1. The van der Waals surface area contributed by atoms with Gasteiger partial charge < -0.3 is 10.6 Å². The van der Waals surface area contributed by atoms with E-state index in [9.17, 15) is 9.18 Å². The number of urea groups is 1. The van der Waals surface area contributed by atoms with Crippen LogP contribution in [0.3, 0.4) is 0 Å². The first-order valence-corrected chi connectivity index (χ1v) is 7.38. The second-order valence-electron chi connectivity index (χ2n) is 5.29. The number of halogens is 1. The van der Waals surface area contributed by atoms with E-state index in [0.717, 1.165) is 22.4 Å². The third-order valence-corrected chi connectivity index (χ3v) is 3.62. The Morgan fingerprint density at radius 1 is 1.04 bits per heavy atom. The molecule has 24 heavy (non-hydrogen) atoms. The van der Waals surface area contributed by atoms with Crippen molar-refractivity contribution in [3.63, 3.8) is 0 Å². The van der Waals surface area contributed by atoms with Crippen LogP contribution >= 0.6 is 0 Å². The number of nitriles is 1. The fraction of sp³-hybridized carbons (Fsp3) is 0.0526. The molecule has 3 aromatic carbocycles. The highest BCUT2D eigenvalue weighted by Crippen LogP contribution is 2.17. The predicted molar refractivity (Wildman–Crippen MR) is 90.9 cm³/mol. The van der Waals surface area contributed by atoms with Crippen molar-refractivity contribution in [2.45, 2.75) is 6.54 Å². The van der Waals surface area contributed by atoms with E-state index in [1.54, 1.807) is 0 Å². The molecule has 0 spiro atoms. The Hall–Kier alpha value is -3.39. The molecule has 2 amide bonds. The molecule has 0 aliphatic heterocycles. The van der Waals surface area contributed by atoms with E-state index in [0.29, 0.717) is 6.54 Å². The second-order valence-corrected chi connectivity index (χ2v) is 5.29. The highest BCUT2D eigenvalue weighted by Gasteiger charge is 2.07. The molecule has 0 heterocycles. The smallest absolute Gasteiger partial charge is 0.319 e. The summed E-state index contributed by atoms with van der Waals surface area (Å²) >= 11 is 0. The number of anilines is 1. The summed E-state index contributed by atoms with van der Waals surface area (Å²) < 4.78 is 13.1. The average molecular weight is 319 g/mol. The molecule has 0 aromatic heterocycles. The summed E-state index contributed by atoms with van der Waals surface area (Å²) in [5.74, 6) is -0.520. The van der Waals surface area contributed by atoms with E-state index in [-0.39, 0.29) is 11.3 Å². The van der Waals surface area contributed by atoms with Gasteiger partial charge in [-0.2, -0.15) is 5.26 Å². The molecule has 0 fully saturated rings. The summed E-state index contributed by atoms with van der Waals surface area (Å²) in [5.41, 5.74) is 1.31. The summed E-state index contributed by atoms with van der Waals surface area (Å²) in [4.78, 5) is 12.0. The first-order chi connectivity index (χ1) is 11.7. The van der Waals surface area contributed by atoms with Crippen LogP contribution in [0.4, 0.5) is 14.9 Å². The van der Waals surface area contributed by atoms with Crippen LogP contribution in [0.2, 0.25) is 0 Å². The van der Waals surface area contributed by atoms with Crippen LogP contribution in [0, 0.1) is 17.1 Å². The zero-order valence-corrected chi connectivity index (χ0v) is 12.7. The monoisotopic (exact) mass is 319 g/mol. The Morgan fingerprint density at radius 3 is 2.62 bits per heavy atom. The number of nitrogens with one attached hydrogen (secondary N) is 2. The average Bonchev–Trinajstić information content (AvgIpc) is 2.61. The fourth-order valence-corrected chi connectivity index (χ4v) is 2.42. The van der Waals surface area contributed by atoms with Crippen LogP contribution in [0.1, 0.15) is 11.1 Å². The van der Waals surface area contributed by atoms with Crippen LogP contribution in [0.5, 0.6) is 0 Å². The number of carbonyl (C=O) groups is 1. The number of nitrogens with zero attached hydrogens (tertiary/aromatic N) is 1. The predicted octanol–water partition coefficient (Wildman–Crippen LogP) is 4.17. The fourth-order valence-electron chi connectivity index (χ4n) is 2.42. The summed E-state index contributed by atoms with van der Waals surface area (Å²) in [6.07, 6.45) is 0. The lowest BCUT2D eigenvalue weighted by molar-refractivity contribution is 0.251. The zero-order chi connectivity index (χ0) is 16.9. The largest absolute Gasteiger partial charge is 0.334 e. The first kappa shape index (κ1) is 15.5. The minimum absolute atomic E-state index is 0.0795. The maximum Gasteiger partial charge on any atom is 0.319 e. The highest BCUT2D eigenvalue weighted by atomic mass is 19.1. The molecule has 3 aromatic rings. The molecular weight excluding hydrogens is 305 g/mol. The number of amides is 2. The van der Waals surface area contributed by atoms with Crippen molar-refractivity contribution in [3.05, 3.63) is 77.6 Å². The third-order valence-electron chi connectivity index (χ3n) is 3.62. The molecule has 0 aliphatic rings. The van der Waals surface area contributed by atoms with E-state index in [4.69, 9.17) is 5.26 Å². The summed E-state index contributed by atoms with van der Waals surface area (Å²) in [6, 6.07) is 19.0. The molecule has 4 nitrogen and oxygen atoms in total. The number of hydrogen-bond acceptors (Lipinski definition) is 2. The highest BCUT2D eigenvalue weighted by molar-refractivity contribution is 5.90. The van der Waals surface area contributed by atoms with E-state index < -0.39 is 11.8 Å². The van der Waals surface area contributed by atoms with Crippen molar-refractivity contribution in [1.29, 1.82) is 5.26 Å². The number of rotatable bonds is 3. The third kappa shape index (κ3) is 3.50. The van der Waals surface area contributed by atoms with Gasteiger partial charge in [0.05, 0.1) is 11.3 Å². The van der Waals surface area contributed by atoms with Crippen LogP contribution < -0.4 is 10.6 Å². The van der Waals surface area contributed by atoms with Gasteiger partial charge >= 0.3 is 6.03 Å². The lowest BCUT2D eigenvalue weighted by Crippen LogP contribution is -2.28. The molecular formula is C19H14FN3O. The Bertz CT molecular complexity index is 947. The standard InChI is InChI=1S/C19H14FN3O/c20-17-7-8-18(16(10-17)11-21)23-19(24)22-12-13-5-6-14-3-1-2-4-15(14)9-13/h1-10H,12H2,(H2,22,23,24). The quantitative estimate of drug-likeness (QED) is 0.761. The lowest BCUT2D eigenvalue weighted by Gasteiger charge is -2.09. The molecule has 0 radical (unpaired) electrons. The Morgan fingerprint density at radius 2 is 1.83 bits per heavy atom. The van der Waals surface area contributed by atoms with Crippen LogP contribution in [-0.4, -0.2) is 6.03 Å². The SMILES string of the molecule is N#Cc1cc(F)ccc1NC(=O)NCc1ccc2ccccc2c1. The van der Waals surface area contributed by atoms with Crippen LogP contribution in [0.25, 0.3) is 10.8 Å². The molecule has 0 unspecified atom stereocenters. The van der Waals surface area contributed by atoms with Gasteiger partial charge in [-0.25, -0.2) is 9.18 Å². The maximum absolute atomic E-state index is 13.1. The number of benzene rings is 3. The molecule has 5 heteroatoms. The van der Waals surface area contributed by atoms with Gasteiger partial charge in [0.2, 0.25) is 0 Å². The van der Waals surface area contributed by atoms with Gasteiger partial charge in [-0.05, 0) is 40.6 Å². The summed E-state index contributed by atoms with van der Waals surface area (Å²) in [7, 11) is 0.